The molecule has 0 aliphatic heterocycles. The van der Waals surface area contributed by atoms with Crippen molar-refractivity contribution in [3.63, 3.8) is 0 Å². The minimum absolute atomic E-state index is 0.268. The molecule has 2 rings (SSSR count). The third-order valence-corrected chi connectivity index (χ3v) is 3.09. The van der Waals surface area contributed by atoms with Crippen molar-refractivity contribution in [1.29, 1.82) is 5.26 Å². The summed E-state index contributed by atoms with van der Waals surface area (Å²) >= 11 is 0. The van der Waals surface area contributed by atoms with Crippen LogP contribution >= 0.6 is 0 Å². The number of hydrogen-bond donors (Lipinski definition) is 0. The number of rotatable bonds is 4. The molecule has 5 nitrogen and oxygen atoms in total. The molecule has 0 saturated heterocycles. The standard InChI is InChI=1S/C17H17N3O2/c1-4-22-17(21)14-10-13(11-18)16(20(2)3)19-15(14)12-8-6-5-7-9-12/h5-10H,4H2,1-3H3. The Bertz CT molecular complexity index is 719. The predicted octanol–water partition coefficient (Wildman–Crippen LogP) is 2.86. The van der Waals surface area contributed by atoms with Gasteiger partial charge in [0.05, 0.1) is 23.4 Å². The summed E-state index contributed by atoms with van der Waals surface area (Å²) in [6, 6.07) is 13.0. The van der Waals surface area contributed by atoms with Crippen molar-refractivity contribution < 1.29 is 9.53 Å². The zero-order valence-electron chi connectivity index (χ0n) is 12.8. The fourth-order valence-corrected chi connectivity index (χ4v) is 2.11. The van der Waals surface area contributed by atoms with Gasteiger partial charge in [-0.3, -0.25) is 0 Å². The molecule has 0 radical (unpaired) electrons. The molecule has 2 aromatic rings. The number of esters is 1. The maximum Gasteiger partial charge on any atom is 0.340 e. The highest BCUT2D eigenvalue weighted by Crippen LogP contribution is 2.27. The zero-order valence-corrected chi connectivity index (χ0v) is 12.8. The van der Waals surface area contributed by atoms with Crippen molar-refractivity contribution in [2.75, 3.05) is 25.6 Å². The van der Waals surface area contributed by atoms with Crippen LogP contribution in [0.3, 0.4) is 0 Å². The molecule has 22 heavy (non-hydrogen) atoms. The van der Waals surface area contributed by atoms with Crippen LogP contribution in [0.25, 0.3) is 11.3 Å². The highest BCUT2D eigenvalue weighted by atomic mass is 16.5. The fraction of sp³-hybridized carbons (Fsp3) is 0.235. The largest absolute Gasteiger partial charge is 0.462 e. The molecule has 1 aromatic carbocycles. The first kappa shape index (κ1) is 15.5. The van der Waals surface area contributed by atoms with Crippen LogP contribution in [0.5, 0.6) is 0 Å². The lowest BCUT2D eigenvalue weighted by Gasteiger charge is -2.17. The molecular weight excluding hydrogens is 278 g/mol. The van der Waals surface area contributed by atoms with Crippen LogP contribution < -0.4 is 4.90 Å². The molecule has 1 aromatic heterocycles. The molecule has 0 fully saturated rings. The van der Waals surface area contributed by atoms with E-state index in [0.29, 0.717) is 22.6 Å². The van der Waals surface area contributed by atoms with Crippen molar-refractivity contribution >= 4 is 11.8 Å². The maximum atomic E-state index is 12.2. The second kappa shape index (κ2) is 6.72. The van der Waals surface area contributed by atoms with Crippen LogP contribution in [-0.2, 0) is 4.74 Å². The quantitative estimate of drug-likeness (QED) is 0.811. The average molecular weight is 295 g/mol. The number of pyridine rings is 1. The lowest BCUT2D eigenvalue weighted by atomic mass is 10.0. The van der Waals surface area contributed by atoms with Crippen molar-refractivity contribution in [2.24, 2.45) is 0 Å². The molecule has 0 bridgehead atoms. The molecule has 0 unspecified atom stereocenters. The van der Waals surface area contributed by atoms with Crippen molar-refractivity contribution in [3.8, 4) is 17.3 Å². The van der Waals surface area contributed by atoms with E-state index in [9.17, 15) is 10.1 Å². The summed E-state index contributed by atoms with van der Waals surface area (Å²) in [6.07, 6.45) is 0. The smallest absolute Gasteiger partial charge is 0.340 e. The Kier molecular flexibility index (Phi) is 4.74. The number of ether oxygens (including phenoxy) is 1. The van der Waals surface area contributed by atoms with Crippen molar-refractivity contribution in [1.82, 2.24) is 4.98 Å². The van der Waals surface area contributed by atoms with Crippen LogP contribution in [0.2, 0.25) is 0 Å². The molecule has 0 spiro atoms. The van der Waals surface area contributed by atoms with Gasteiger partial charge in [-0.05, 0) is 13.0 Å². The van der Waals surface area contributed by atoms with Gasteiger partial charge in [0, 0.05) is 19.7 Å². The van der Waals surface area contributed by atoms with E-state index in [-0.39, 0.29) is 6.61 Å². The highest BCUT2D eigenvalue weighted by molar-refractivity contribution is 5.97. The third kappa shape index (κ3) is 3.07. The summed E-state index contributed by atoms with van der Waals surface area (Å²) < 4.78 is 5.09. The minimum Gasteiger partial charge on any atom is -0.462 e. The zero-order chi connectivity index (χ0) is 16.1. The van der Waals surface area contributed by atoms with E-state index >= 15 is 0 Å². The molecular formula is C17H17N3O2. The van der Waals surface area contributed by atoms with Gasteiger partial charge in [0.25, 0.3) is 0 Å². The SMILES string of the molecule is CCOC(=O)c1cc(C#N)c(N(C)C)nc1-c1ccccc1. The van der Waals surface area contributed by atoms with Crippen molar-refractivity contribution in [3.05, 3.63) is 47.5 Å². The minimum atomic E-state index is -0.476. The summed E-state index contributed by atoms with van der Waals surface area (Å²) in [7, 11) is 3.62. The number of hydrogen-bond acceptors (Lipinski definition) is 5. The Hall–Kier alpha value is -2.87. The van der Waals surface area contributed by atoms with Gasteiger partial charge in [-0.1, -0.05) is 30.3 Å². The van der Waals surface area contributed by atoms with Gasteiger partial charge in [0.1, 0.15) is 11.9 Å². The predicted molar refractivity (Wildman–Crippen MR) is 84.7 cm³/mol. The number of anilines is 1. The fourth-order valence-electron chi connectivity index (χ4n) is 2.11. The molecule has 0 aliphatic carbocycles. The van der Waals surface area contributed by atoms with Gasteiger partial charge in [-0.15, -0.1) is 0 Å². The lowest BCUT2D eigenvalue weighted by Crippen LogP contribution is -2.16. The van der Waals surface area contributed by atoms with Gasteiger partial charge in [0.2, 0.25) is 0 Å². The van der Waals surface area contributed by atoms with Crippen LogP contribution in [-0.4, -0.2) is 31.7 Å². The third-order valence-electron chi connectivity index (χ3n) is 3.09. The summed E-state index contributed by atoms with van der Waals surface area (Å²) in [4.78, 5) is 18.5. The number of nitriles is 1. The Labute approximate surface area is 129 Å². The van der Waals surface area contributed by atoms with E-state index in [1.165, 1.54) is 0 Å². The summed E-state index contributed by atoms with van der Waals surface area (Å²) in [5, 5.41) is 9.30. The molecule has 0 N–H and O–H groups in total. The van der Waals surface area contributed by atoms with E-state index in [1.807, 2.05) is 44.4 Å². The Morgan fingerprint density at radius 1 is 1.32 bits per heavy atom. The Balaban J connectivity index is 2.70. The van der Waals surface area contributed by atoms with Gasteiger partial charge < -0.3 is 9.64 Å². The Morgan fingerprint density at radius 3 is 2.55 bits per heavy atom. The van der Waals surface area contributed by atoms with Crippen LogP contribution in [0, 0.1) is 11.3 Å². The number of carbonyl (C=O) groups is 1. The molecule has 112 valence electrons. The summed E-state index contributed by atoms with van der Waals surface area (Å²) in [5.41, 5.74) is 1.96. The molecule has 0 saturated carbocycles. The average Bonchev–Trinajstić information content (AvgIpc) is 2.54. The molecule has 0 aliphatic rings. The maximum absolute atomic E-state index is 12.2. The second-order valence-electron chi connectivity index (χ2n) is 4.85. The van der Waals surface area contributed by atoms with E-state index in [1.54, 1.807) is 17.9 Å². The first-order valence-electron chi connectivity index (χ1n) is 6.93. The molecule has 1 heterocycles. The molecule has 0 atom stereocenters. The highest BCUT2D eigenvalue weighted by Gasteiger charge is 2.20. The van der Waals surface area contributed by atoms with Gasteiger partial charge in [-0.25, -0.2) is 9.78 Å². The summed E-state index contributed by atoms with van der Waals surface area (Å²) in [5.74, 6) is 0.0464. The topological polar surface area (TPSA) is 66.2 Å². The van der Waals surface area contributed by atoms with Crippen molar-refractivity contribution in [2.45, 2.75) is 6.92 Å². The first-order chi connectivity index (χ1) is 10.6. The van der Waals surface area contributed by atoms with Gasteiger partial charge >= 0.3 is 5.97 Å². The van der Waals surface area contributed by atoms with Crippen LogP contribution in [0.15, 0.2) is 36.4 Å². The monoisotopic (exact) mass is 295 g/mol. The first-order valence-corrected chi connectivity index (χ1v) is 6.93. The van der Waals surface area contributed by atoms with Crippen LogP contribution in [0.1, 0.15) is 22.8 Å². The molecule has 0 amide bonds. The van der Waals surface area contributed by atoms with Crippen LogP contribution in [0.4, 0.5) is 5.82 Å². The van der Waals surface area contributed by atoms with E-state index in [0.717, 1.165) is 5.56 Å². The normalized spacial score (nSPS) is 9.91. The van der Waals surface area contributed by atoms with E-state index in [4.69, 9.17) is 4.74 Å². The number of aromatic nitrogens is 1. The summed E-state index contributed by atoms with van der Waals surface area (Å²) in [6.45, 7) is 2.01. The van der Waals surface area contributed by atoms with Gasteiger partial charge in [0.15, 0.2) is 0 Å². The number of carbonyl (C=O) groups excluding carboxylic acids is 1. The lowest BCUT2D eigenvalue weighted by molar-refractivity contribution is 0.0527. The molecule has 5 heteroatoms. The second-order valence-corrected chi connectivity index (χ2v) is 4.85. The van der Waals surface area contributed by atoms with Gasteiger partial charge in [-0.2, -0.15) is 5.26 Å². The number of benzene rings is 1. The Morgan fingerprint density at radius 2 is 2.00 bits per heavy atom. The number of nitrogens with zero attached hydrogens (tertiary/aromatic N) is 3. The van der Waals surface area contributed by atoms with E-state index in [2.05, 4.69) is 11.1 Å². The van der Waals surface area contributed by atoms with E-state index < -0.39 is 5.97 Å².